The summed E-state index contributed by atoms with van der Waals surface area (Å²) >= 11 is 7.28. The fourth-order valence-corrected chi connectivity index (χ4v) is 4.17. The van der Waals surface area contributed by atoms with Gasteiger partial charge in [0.1, 0.15) is 22.9 Å². The normalized spacial score (nSPS) is 21.7. The molecule has 0 unspecified atom stereocenters. The van der Waals surface area contributed by atoms with Crippen LogP contribution in [-0.2, 0) is 19.1 Å². The fourth-order valence-electron chi connectivity index (χ4n) is 2.75. The number of esters is 1. The van der Waals surface area contributed by atoms with E-state index in [9.17, 15) is 14.4 Å². The largest absolute Gasteiger partial charge is 0.484 e. The molecule has 2 aliphatic heterocycles. The van der Waals surface area contributed by atoms with E-state index in [2.05, 4.69) is 5.32 Å². The maximum atomic E-state index is 12.4. The molecule has 0 bridgehead atoms. The van der Waals surface area contributed by atoms with E-state index >= 15 is 0 Å². The molecule has 9 heteroatoms. The summed E-state index contributed by atoms with van der Waals surface area (Å²) in [5.74, 6) is -0.195. The van der Waals surface area contributed by atoms with Gasteiger partial charge in [-0.2, -0.15) is 0 Å². The Morgan fingerprint density at radius 2 is 2.04 bits per heavy atom. The molecular weight excluding hydrogens is 380 g/mol. The van der Waals surface area contributed by atoms with Crippen LogP contribution < -0.4 is 10.1 Å². The van der Waals surface area contributed by atoms with E-state index in [1.54, 1.807) is 31.2 Å². The number of hydrogen-bond acceptors (Lipinski definition) is 6. The number of nitrogens with zero attached hydrogens (tertiary/aromatic N) is 1. The first-order chi connectivity index (χ1) is 12.4. The van der Waals surface area contributed by atoms with Crippen molar-refractivity contribution < 1.29 is 23.9 Å². The van der Waals surface area contributed by atoms with E-state index in [4.69, 9.17) is 21.1 Å². The second-order valence-electron chi connectivity index (χ2n) is 5.82. The molecule has 0 saturated carbocycles. The average molecular weight is 397 g/mol. The van der Waals surface area contributed by atoms with Crippen LogP contribution in [0, 0.1) is 0 Å². The molecule has 1 aromatic carbocycles. The van der Waals surface area contributed by atoms with Gasteiger partial charge in [-0.05, 0) is 36.8 Å². The van der Waals surface area contributed by atoms with Crippen molar-refractivity contribution in [3.05, 3.63) is 40.6 Å². The van der Waals surface area contributed by atoms with Crippen molar-refractivity contribution in [2.75, 3.05) is 19.5 Å². The third-order valence-corrected chi connectivity index (χ3v) is 5.71. The first-order valence-corrected chi connectivity index (χ1v) is 9.25. The highest BCUT2D eigenvalue weighted by Crippen LogP contribution is 2.40. The maximum absolute atomic E-state index is 12.4. The number of β-lactam (4-membered cyclic amide) rings is 1. The number of nitrogens with one attached hydrogen (secondary N) is 1. The highest BCUT2D eigenvalue weighted by Gasteiger charge is 2.53. The lowest BCUT2D eigenvalue weighted by Gasteiger charge is -2.49. The molecule has 138 valence electrons. The monoisotopic (exact) mass is 396 g/mol. The number of benzene rings is 1. The van der Waals surface area contributed by atoms with Gasteiger partial charge >= 0.3 is 5.97 Å². The van der Waals surface area contributed by atoms with Gasteiger partial charge in [-0.1, -0.05) is 11.6 Å². The van der Waals surface area contributed by atoms with Crippen molar-refractivity contribution in [1.82, 2.24) is 10.2 Å². The van der Waals surface area contributed by atoms with Gasteiger partial charge in [-0.3, -0.25) is 14.5 Å². The van der Waals surface area contributed by atoms with Crippen molar-refractivity contribution in [3.8, 4) is 5.75 Å². The number of amides is 2. The Morgan fingerprint density at radius 3 is 2.69 bits per heavy atom. The molecule has 26 heavy (non-hydrogen) atoms. The molecule has 2 atom stereocenters. The number of thioether (sulfide) groups is 1. The van der Waals surface area contributed by atoms with Gasteiger partial charge in [0, 0.05) is 10.8 Å². The van der Waals surface area contributed by atoms with Gasteiger partial charge in [-0.25, -0.2) is 4.79 Å². The van der Waals surface area contributed by atoms with Crippen LogP contribution in [0.1, 0.15) is 6.92 Å². The van der Waals surface area contributed by atoms with Crippen LogP contribution in [0.4, 0.5) is 0 Å². The first-order valence-electron chi connectivity index (χ1n) is 7.83. The summed E-state index contributed by atoms with van der Waals surface area (Å²) in [4.78, 5) is 37.8. The Labute approximate surface area is 159 Å². The Morgan fingerprint density at radius 1 is 1.35 bits per heavy atom. The molecule has 2 heterocycles. The van der Waals surface area contributed by atoms with Crippen LogP contribution in [-0.4, -0.2) is 53.6 Å². The van der Waals surface area contributed by atoms with Crippen molar-refractivity contribution in [3.63, 3.8) is 0 Å². The lowest BCUT2D eigenvalue weighted by molar-refractivity contribution is -0.152. The molecule has 1 fully saturated rings. The predicted molar refractivity (Wildman–Crippen MR) is 96.7 cm³/mol. The maximum Gasteiger partial charge on any atom is 0.354 e. The summed E-state index contributed by atoms with van der Waals surface area (Å²) in [6, 6.07) is 5.93. The molecule has 1 N–H and O–H groups in total. The van der Waals surface area contributed by atoms with Crippen molar-refractivity contribution in [2.24, 2.45) is 0 Å². The number of fused-ring (bicyclic) bond motifs is 1. The van der Waals surface area contributed by atoms with E-state index in [1.165, 1.54) is 23.8 Å². The minimum atomic E-state index is -0.686. The SMILES string of the molecule is COC(=O)C1=C(C)CS[C@@H]2[C@H](NC(=O)COc3ccc(Cl)cc3)C(=O)N12. The number of methoxy groups -OCH3 is 1. The Bertz CT molecular complexity index is 780. The molecule has 2 aliphatic rings. The third kappa shape index (κ3) is 3.52. The summed E-state index contributed by atoms with van der Waals surface area (Å²) in [6.45, 7) is 1.57. The fraction of sp³-hybridized carbons (Fsp3) is 0.353. The van der Waals surface area contributed by atoms with Gasteiger partial charge in [-0.15, -0.1) is 11.8 Å². The molecule has 3 rings (SSSR count). The number of carbonyl (C=O) groups is 3. The molecule has 0 spiro atoms. The van der Waals surface area contributed by atoms with Crippen molar-refractivity contribution in [2.45, 2.75) is 18.3 Å². The molecule has 0 aliphatic carbocycles. The summed E-state index contributed by atoms with van der Waals surface area (Å²) < 4.78 is 10.1. The van der Waals surface area contributed by atoms with Crippen molar-refractivity contribution >= 4 is 41.1 Å². The molecule has 0 aromatic heterocycles. The van der Waals surface area contributed by atoms with E-state index in [-0.39, 0.29) is 23.6 Å². The highest BCUT2D eigenvalue weighted by molar-refractivity contribution is 8.00. The zero-order chi connectivity index (χ0) is 18.8. The molecular formula is C17H17ClN2O5S. The lowest BCUT2D eigenvalue weighted by atomic mass is 10.0. The summed E-state index contributed by atoms with van der Waals surface area (Å²) in [7, 11) is 1.27. The van der Waals surface area contributed by atoms with E-state index < -0.39 is 17.9 Å². The van der Waals surface area contributed by atoms with Crippen LogP contribution in [0.5, 0.6) is 5.75 Å². The van der Waals surface area contributed by atoms with Crippen LogP contribution in [0.15, 0.2) is 35.5 Å². The topological polar surface area (TPSA) is 84.9 Å². The molecule has 7 nitrogen and oxygen atoms in total. The average Bonchev–Trinajstić information content (AvgIpc) is 2.64. The minimum Gasteiger partial charge on any atom is -0.484 e. The quantitative estimate of drug-likeness (QED) is 0.600. The summed E-state index contributed by atoms with van der Waals surface area (Å²) in [5, 5.41) is 2.91. The van der Waals surface area contributed by atoms with E-state index in [0.29, 0.717) is 16.5 Å². The minimum absolute atomic E-state index is 0.221. The Balaban J connectivity index is 1.58. The second kappa shape index (κ2) is 7.59. The molecule has 1 saturated heterocycles. The van der Waals surface area contributed by atoms with Gasteiger partial charge in [0.15, 0.2) is 6.61 Å². The second-order valence-corrected chi connectivity index (χ2v) is 7.36. The van der Waals surface area contributed by atoms with Crippen LogP contribution in [0.2, 0.25) is 5.02 Å². The first kappa shape index (κ1) is 18.6. The zero-order valence-corrected chi connectivity index (χ0v) is 15.7. The lowest BCUT2D eigenvalue weighted by Crippen LogP contribution is -2.70. The number of carbonyl (C=O) groups excluding carboxylic acids is 3. The number of rotatable bonds is 5. The van der Waals surface area contributed by atoms with Crippen LogP contribution in [0.25, 0.3) is 0 Å². The molecule has 1 aromatic rings. The van der Waals surface area contributed by atoms with Crippen LogP contribution >= 0.6 is 23.4 Å². The summed E-state index contributed by atoms with van der Waals surface area (Å²) in [6.07, 6.45) is 0. The van der Waals surface area contributed by atoms with Gasteiger partial charge < -0.3 is 14.8 Å². The standard InChI is InChI=1S/C17H17ClN2O5S/c1-9-8-26-16-13(15(22)20(16)14(9)17(23)24-2)19-12(21)7-25-11-5-3-10(18)4-6-11/h3-6,13,16H,7-8H2,1-2H3,(H,19,21)/t13-,16-/m1/s1. The molecule has 2 amide bonds. The predicted octanol–water partition coefficient (Wildman–Crippen LogP) is 1.57. The van der Waals surface area contributed by atoms with E-state index in [1.807, 2.05) is 0 Å². The highest BCUT2D eigenvalue weighted by atomic mass is 35.5. The van der Waals surface area contributed by atoms with Gasteiger partial charge in [0.25, 0.3) is 11.8 Å². The van der Waals surface area contributed by atoms with Gasteiger partial charge in [0.2, 0.25) is 0 Å². The Hall–Kier alpha value is -2.19. The number of halogens is 1. The number of ether oxygens (including phenoxy) is 2. The van der Waals surface area contributed by atoms with Gasteiger partial charge in [0.05, 0.1) is 7.11 Å². The Kier molecular flexibility index (Phi) is 5.43. The molecule has 0 radical (unpaired) electrons. The van der Waals surface area contributed by atoms with Crippen molar-refractivity contribution in [1.29, 1.82) is 0 Å². The van der Waals surface area contributed by atoms with Crippen LogP contribution in [0.3, 0.4) is 0 Å². The third-order valence-electron chi connectivity index (χ3n) is 4.04. The smallest absolute Gasteiger partial charge is 0.354 e. The zero-order valence-electron chi connectivity index (χ0n) is 14.2. The summed E-state index contributed by atoms with van der Waals surface area (Å²) in [5.41, 5.74) is 1.05. The van der Waals surface area contributed by atoms with E-state index in [0.717, 1.165) is 5.57 Å². The number of hydrogen-bond donors (Lipinski definition) is 1.